The first-order valence-corrected chi connectivity index (χ1v) is 9.31. The molecule has 2 aromatic rings. The van der Waals surface area contributed by atoms with Crippen LogP contribution in [0.2, 0.25) is 0 Å². The predicted octanol–water partition coefficient (Wildman–Crippen LogP) is 4.28. The first-order chi connectivity index (χ1) is 12.2. The lowest BCUT2D eigenvalue weighted by molar-refractivity contribution is -0.137. The van der Waals surface area contributed by atoms with Crippen molar-refractivity contribution in [2.75, 3.05) is 13.1 Å². The number of ketones is 1. The van der Waals surface area contributed by atoms with Gasteiger partial charge in [-0.1, -0.05) is 48.9 Å². The second-order valence-corrected chi connectivity index (χ2v) is 7.43. The van der Waals surface area contributed by atoms with E-state index in [4.69, 9.17) is 0 Å². The van der Waals surface area contributed by atoms with Crippen LogP contribution < -0.4 is 0 Å². The van der Waals surface area contributed by atoms with Gasteiger partial charge in [-0.3, -0.25) is 9.69 Å². The Labute approximate surface area is 165 Å². The molecule has 1 saturated heterocycles. The van der Waals surface area contributed by atoms with E-state index in [9.17, 15) is 9.90 Å². The number of piperidine rings is 1. The zero-order valence-electron chi connectivity index (χ0n) is 14.9. The Morgan fingerprint density at radius 1 is 1.08 bits per heavy atom. The summed E-state index contributed by atoms with van der Waals surface area (Å²) in [5.41, 5.74) is 1.95. The van der Waals surface area contributed by atoms with Gasteiger partial charge in [-0.2, -0.15) is 0 Å². The molecule has 1 heterocycles. The number of aromatic hydroxyl groups is 1. The molecule has 1 aliphatic carbocycles. The van der Waals surface area contributed by atoms with Crippen LogP contribution in [0.25, 0.3) is 0 Å². The molecular formula is C22H26BrNO2. The molecule has 2 aliphatic rings. The summed E-state index contributed by atoms with van der Waals surface area (Å²) in [5.74, 6) is 0.622. The molecular weight excluding hydrogens is 390 g/mol. The van der Waals surface area contributed by atoms with E-state index in [2.05, 4.69) is 29.2 Å². The number of phenolic OH excluding ortho intramolecular Hbond substituents is 1. The van der Waals surface area contributed by atoms with Crippen LogP contribution >= 0.6 is 17.0 Å². The Morgan fingerprint density at radius 2 is 1.88 bits per heavy atom. The Hall–Kier alpha value is -1.65. The van der Waals surface area contributed by atoms with E-state index in [0.29, 0.717) is 5.78 Å². The van der Waals surface area contributed by atoms with Crippen LogP contribution in [0.1, 0.15) is 36.8 Å². The van der Waals surface area contributed by atoms with Gasteiger partial charge in [0.1, 0.15) is 5.75 Å². The number of carbonyl (C=O) groups is 1. The number of nitrogens with zero attached hydrogens (tertiary/aromatic N) is 1. The summed E-state index contributed by atoms with van der Waals surface area (Å²) in [6.45, 7) is 1.90. The van der Waals surface area contributed by atoms with Crippen molar-refractivity contribution in [3.63, 3.8) is 0 Å². The normalized spacial score (nSPS) is 25.5. The molecule has 3 nitrogen and oxygen atoms in total. The number of halogens is 1. The number of hydrogen-bond donors (Lipinski definition) is 1. The minimum atomic E-state index is -0.384. The van der Waals surface area contributed by atoms with Crippen molar-refractivity contribution in [2.45, 2.75) is 43.6 Å². The molecule has 2 aromatic carbocycles. The van der Waals surface area contributed by atoms with Crippen LogP contribution in [-0.2, 0) is 16.6 Å². The molecule has 0 aromatic heterocycles. The Bertz CT molecular complexity index is 764. The van der Waals surface area contributed by atoms with Gasteiger partial charge in [0.05, 0.1) is 11.5 Å². The molecule has 1 saturated carbocycles. The van der Waals surface area contributed by atoms with Crippen molar-refractivity contribution in [1.29, 1.82) is 0 Å². The van der Waals surface area contributed by atoms with Gasteiger partial charge in [0.25, 0.3) is 0 Å². The predicted molar refractivity (Wildman–Crippen MR) is 109 cm³/mol. The fourth-order valence-corrected chi connectivity index (χ4v) is 4.68. The lowest BCUT2D eigenvalue weighted by Gasteiger charge is -2.49. The highest BCUT2D eigenvalue weighted by atomic mass is 79.9. The van der Waals surface area contributed by atoms with E-state index in [1.54, 1.807) is 12.1 Å². The van der Waals surface area contributed by atoms with E-state index in [0.717, 1.165) is 50.8 Å². The third-order valence-corrected chi connectivity index (χ3v) is 6.05. The first kappa shape index (κ1) is 19.1. The molecule has 4 heteroatoms. The van der Waals surface area contributed by atoms with Crippen LogP contribution in [-0.4, -0.2) is 34.9 Å². The van der Waals surface area contributed by atoms with Crippen LogP contribution in [0.4, 0.5) is 0 Å². The van der Waals surface area contributed by atoms with Crippen LogP contribution in [0.3, 0.4) is 0 Å². The molecule has 138 valence electrons. The van der Waals surface area contributed by atoms with E-state index < -0.39 is 0 Å². The van der Waals surface area contributed by atoms with Gasteiger partial charge in [-0.25, -0.2) is 0 Å². The zero-order chi connectivity index (χ0) is 17.3. The molecule has 0 amide bonds. The van der Waals surface area contributed by atoms with Crippen LogP contribution in [0.15, 0.2) is 54.6 Å². The van der Waals surface area contributed by atoms with E-state index >= 15 is 0 Å². The van der Waals surface area contributed by atoms with Crippen molar-refractivity contribution in [3.8, 4) is 5.75 Å². The molecule has 2 atom stereocenters. The molecule has 4 rings (SSSR count). The van der Waals surface area contributed by atoms with Gasteiger partial charge in [0.15, 0.2) is 5.78 Å². The number of benzene rings is 2. The lowest BCUT2D eigenvalue weighted by atomic mass is 9.62. The van der Waals surface area contributed by atoms with Crippen LogP contribution in [0.5, 0.6) is 5.75 Å². The maximum atomic E-state index is 13.3. The van der Waals surface area contributed by atoms with Gasteiger partial charge in [-0.05, 0) is 48.9 Å². The number of carbonyl (C=O) groups excluding carboxylic acids is 1. The van der Waals surface area contributed by atoms with Crippen molar-refractivity contribution in [1.82, 2.24) is 4.90 Å². The molecule has 0 unspecified atom stereocenters. The monoisotopic (exact) mass is 415 g/mol. The number of phenols is 1. The molecule has 2 bridgehead atoms. The van der Waals surface area contributed by atoms with Gasteiger partial charge < -0.3 is 5.11 Å². The highest BCUT2D eigenvalue weighted by Gasteiger charge is 2.50. The fourth-order valence-electron chi connectivity index (χ4n) is 4.68. The number of likely N-dealkylation sites (tertiary alicyclic amines) is 1. The third kappa shape index (κ3) is 3.45. The maximum Gasteiger partial charge on any atom is 0.160 e. The highest BCUT2D eigenvalue weighted by Crippen LogP contribution is 2.45. The second kappa shape index (κ2) is 7.93. The van der Waals surface area contributed by atoms with Gasteiger partial charge in [-0.15, -0.1) is 17.0 Å². The van der Waals surface area contributed by atoms with Crippen LogP contribution in [0, 0.1) is 0 Å². The zero-order valence-corrected chi connectivity index (χ0v) is 16.6. The Morgan fingerprint density at radius 3 is 2.65 bits per heavy atom. The maximum absolute atomic E-state index is 13.3. The van der Waals surface area contributed by atoms with Gasteiger partial charge in [0.2, 0.25) is 0 Å². The quantitative estimate of drug-likeness (QED) is 0.809. The minimum absolute atomic E-state index is 0. The molecule has 1 N–H and O–H groups in total. The SMILES string of the molecule is Br.O=C1[C@H]2CCC[C@]1(c1cccc(O)c1)CCN2CCc1ccccc1. The van der Waals surface area contributed by atoms with E-state index in [-0.39, 0.29) is 34.2 Å². The Kier molecular flexibility index (Phi) is 5.83. The third-order valence-electron chi connectivity index (χ3n) is 6.05. The molecule has 1 aliphatic heterocycles. The van der Waals surface area contributed by atoms with Gasteiger partial charge >= 0.3 is 0 Å². The summed E-state index contributed by atoms with van der Waals surface area (Å²) in [6.07, 6.45) is 4.81. The molecule has 0 spiro atoms. The van der Waals surface area contributed by atoms with Crippen molar-refractivity contribution >= 4 is 22.8 Å². The Balaban J connectivity index is 0.00000196. The summed E-state index contributed by atoms with van der Waals surface area (Å²) in [6, 6.07) is 17.9. The van der Waals surface area contributed by atoms with Crippen molar-refractivity contribution < 1.29 is 9.90 Å². The molecule has 26 heavy (non-hydrogen) atoms. The molecule has 0 radical (unpaired) electrons. The summed E-state index contributed by atoms with van der Waals surface area (Å²) < 4.78 is 0. The van der Waals surface area contributed by atoms with Gasteiger partial charge in [0, 0.05) is 13.1 Å². The summed E-state index contributed by atoms with van der Waals surface area (Å²) in [4.78, 5) is 15.7. The molecule has 2 fully saturated rings. The minimum Gasteiger partial charge on any atom is -0.508 e. The summed E-state index contributed by atoms with van der Waals surface area (Å²) in [7, 11) is 0. The fraction of sp³-hybridized carbons (Fsp3) is 0.409. The van der Waals surface area contributed by atoms with E-state index in [1.807, 2.05) is 18.2 Å². The largest absolute Gasteiger partial charge is 0.508 e. The number of fused-ring (bicyclic) bond motifs is 2. The summed E-state index contributed by atoms with van der Waals surface area (Å²) >= 11 is 0. The topological polar surface area (TPSA) is 40.5 Å². The van der Waals surface area contributed by atoms with Crippen molar-refractivity contribution in [3.05, 3.63) is 65.7 Å². The standard InChI is InChI=1S/C22H25NO2.BrH/c24-19-9-4-8-18(16-19)22-12-5-10-20(21(22)25)23(15-13-22)14-11-17-6-2-1-3-7-17;/h1-4,6-9,16,20,24H,5,10-15H2;1H/t20-,22-;/m1./s1. The number of hydrogen-bond acceptors (Lipinski definition) is 3. The number of rotatable bonds is 4. The summed E-state index contributed by atoms with van der Waals surface area (Å²) in [5, 5.41) is 9.86. The van der Waals surface area contributed by atoms with E-state index in [1.165, 1.54) is 5.56 Å². The average molecular weight is 416 g/mol. The first-order valence-electron chi connectivity index (χ1n) is 9.31. The second-order valence-electron chi connectivity index (χ2n) is 7.43. The average Bonchev–Trinajstić information content (AvgIpc) is 2.62. The highest BCUT2D eigenvalue weighted by molar-refractivity contribution is 8.93. The van der Waals surface area contributed by atoms with Crippen molar-refractivity contribution in [2.24, 2.45) is 0 Å². The lowest BCUT2D eigenvalue weighted by Crippen LogP contribution is -2.59. The number of Topliss-reactive ketones (excluding diaryl/α,β-unsaturated/α-hetero) is 1. The smallest absolute Gasteiger partial charge is 0.160 e.